The van der Waals surface area contributed by atoms with Gasteiger partial charge in [0.1, 0.15) is 9.84 Å². The molecule has 1 aromatic heterocycles. The number of hydrogen-bond donors (Lipinski definition) is 1. The Labute approximate surface area is 132 Å². The summed E-state index contributed by atoms with van der Waals surface area (Å²) in [4.78, 5) is 17.9. The van der Waals surface area contributed by atoms with Crippen LogP contribution in [0.1, 0.15) is 25.1 Å². The molecule has 1 N–H and O–H groups in total. The normalized spacial score (nSPS) is 12.7. The van der Waals surface area contributed by atoms with E-state index in [1.807, 2.05) is 26.0 Å². The molecule has 0 spiro atoms. The first-order valence-corrected chi connectivity index (χ1v) is 9.42. The van der Waals surface area contributed by atoms with Crippen molar-refractivity contribution in [2.24, 2.45) is 0 Å². The quantitative estimate of drug-likeness (QED) is 0.821. The second-order valence-electron chi connectivity index (χ2n) is 5.52. The molecule has 1 aromatic rings. The van der Waals surface area contributed by atoms with Crippen molar-refractivity contribution >= 4 is 15.9 Å². The van der Waals surface area contributed by atoms with Gasteiger partial charge in [-0.3, -0.25) is 4.98 Å². The summed E-state index contributed by atoms with van der Waals surface area (Å²) in [5.74, 6) is -0.0316. The number of amides is 2. The van der Waals surface area contributed by atoms with Crippen LogP contribution in [0.4, 0.5) is 4.79 Å². The number of hydrogen-bond acceptors (Lipinski definition) is 4. The summed E-state index contributed by atoms with van der Waals surface area (Å²) < 4.78 is 22.7. The smallest absolute Gasteiger partial charge is 0.317 e. The minimum absolute atomic E-state index is 0.0316. The van der Waals surface area contributed by atoms with Crippen molar-refractivity contribution in [2.45, 2.75) is 33.2 Å². The highest BCUT2D eigenvalue weighted by atomic mass is 32.2. The van der Waals surface area contributed by atoms with Gasteiger partial charge in [-0.05, 0) is 38.8 Å². The Morgan fingerprint density at radius 2 is 2.09 bits per heavy atom. The highest BCUT2D eigenvalue weighted by Crippen LogP contribution is 2.04. The lowest BCUT2D eigenvalue weighted by molar-refractivity contribution is 0.187. The van der Waals surface area contributed by atoms with Crippen molar-refractivity contribution < 1.29 is 13.2 Å². The molecule has 0 aromatic carbocycles. The average Bonchev–Trinajstić information content (AvgIpc) is 2.39. The van der Waals surface area contributed by atoms with E-state index in [1.54, 1.807) is 13.1 Å². The molecule has 6 nitrogen and oxygen atoms in total. The number of aromatic nitrogens is 1. The van der Waals surface area contributed by atoms with E-state index in [-0.39, 0.29) is 17.8 Å². The Kier molecular flexibility index (Phi) is 6.80. The molecule has 7 heteroatoms. The minimum Gasteiger partial charge on any atom is -0.338 e. The number of rotatable bonds is 7. The van der Waals surface area contributed by atoms with Crippen molar-refractivity contribution in [2.75, 3.05) is 25.1 Å². The van der Waals surface area contributed by atoms with Crippen LogP contribution in [0.25, 0.3) is 0 Å². The van der Waals surface area contributed by atoms with Gasteiger partial charge in [0, 0.05) is 37.3 Å². The van der Waals surface area contributed by atoms with Crippen LogP contribution in [0.2, 0.25) is 0 Å². The summed E-state index contributed by atoms with van der Waals surface area (Å²) >= 11 is 0. The highest BCUT2D eigenvalue weighted by molar-refractivity contribution is 7.90. The molecule has 124 valence electrons. The monoisotopic (exact) mass is 327 g/mol. The van der Waals surface area contributed by atoms with Crippen molar-refractivity contribution in [1.29, 1.82) is 0 Å². The van der Waals surface area contributed by atoms with Crippen molar-refractivity contribution in [3.63, 3.8) is 0 Å². The van der Waals surface area contributed by atoms with Gasteiger partial charge >= 0.3 is 6.03 Å². The lowest BCUT2D eigenvalue weighted by Crippen LogP contribution is -2.47. The largest absolute Gasteiger partial charge is 0.338 e. The summed E-state index contributed by atoms with van der Waals surface area (Å²) in [5.41, 5.74) is 2.01. The van der Waals surface area contributed by atoms with Gasteiger partial charge < -0.3 is 10.2 Å². The third kappa shape index (κ3) is 6.43. The van der Waals surface area contributed by atoms with Gasteiger partial charge in [-0.15, -0.1) is 0 Å². The molecule has 0 radical (unpaired) electrons. The number of sulfone groups is 1. The van der Waals surface area contributed by atoms with E-state index in [4.69, 9.17) is 0 Å². The van der Waals surface area contributed by atoms with Gasteiger partial charge in [-0.25, -0.2) is 13.2 Å². The van der Waals surface area contributed by atoms with Crippen LogP contribution in [-0.2, 0) is 16.3 Å². The first-order chi connectivity index (χ1) is 10.2. The zero-order chi connectivity index (χ0) is 16.8. The molecular formula is C15H25N3O3S. The minimum atomic E-state index is -3.11. The molecule has 0 aliphatic carbocycles. The van der Waals surface area contributed by atoms with E-state index in [1.165, 1.54) is 11.2 Å². The predicted octanol–water partition coefficient (Wildman–Crippen LogP) is 1.40. The standard InChI is InChI=1S/C15H25N3O3S/c1-5-18(13(3)11-22(4,20)21)15(19)16-9-8-14-7-6-12(2)17-10-14/h6-7,10,13H,5,8-9,11H2,1-4H3,(H,16,19)/t13-/m0/s1. The van der Waals surface area contributed by atoms with Crippen molar-refractivity contribution in [1.82, 2.24) is 15.2 Å². The third-order valence-corrected chi connectivity index (χ3v) is 4.43. The second-order valence-corrected chi connectivity index (χ2v) is 7.70. The number of urea groups is 1. The van der Waals surface area contributed by atoms with Crippen LogP contribution in [0.3, 0.4) is 0 Å². The lowest BCUT2D eigenvalue weighted by atomic mass is 10.2. The number of nitrogens with zero attached hydrogens (tertiary/aromatic N) is 2. The molecule has 0 saturated carbocycles. The molecule has 0 aliphatic heterocycles. The van der Waals surface area contributed by atoms with E-state index in [2.05, 4.69) is 10.3 Å². The molecule has 0 saturated heterocycles. The maximum Gasteiger partial charge on any atom is 0.317 e. The van der Waals surface area contributed by atoms with Crippen LogP contribution in [0, 0.1) is 6.92 Å². The molecule has 0 fully saturated rings. The third-order valence-electron chi connectivity index (χ3n) is 3.34. The van der Waals surface area contributed by atoms with Gasteiger partial charge in [-0.2, -0.15) is 0 Å². The summed E-state index contributed by atoms with van der Waals surface area (Å²) in [5, 5.41) is 2.83. The number of aryl methyl sites for hydroxylation is 1. The van der Waals surface area contributed by atoms with E-state index in [0.717, 1.165) is 11.3 Å². The van der Waals surface area contributed by atoms with Gasteiger partial charge in [0.05, 0.1) is 5.75 Å². The van der Waals surface area contributed by atoms with Crippen LogP contribution >= 0.6 is 0 Å². The number of carbonyl (C=O) groups is 1. The Balaban J connectivity index is 2.49. The fourth-order valence-corrected chi connectivity index (χ4v) is 3.30. The van der Waals surface area contributed by atoms with Crippen molar-refractivity contribution in [3.8, 4) is 0 Å². The fraction of sp³-hybridized carbons (Fsp3) is 0.600. The first-order valence-electron chi connectivity index (χ1n) is 7.36. The Morgan fingerprint density at radius 3 is 2.59 bits per heavy atom. The van der Waals surface area contributed by atoms with Crippen molar-refractivity contribution in [3.05, 3.63) is 29.6 Å². The molecule has 0 unspecified atom stereocenters. The van der Waals surface area contributed by atoms with Gasteiger partial charge in [-0.1, -0.05) is 6.07 Å². The molecule has 1 rings (SSSR count). The molecule has 0 bridgehead atoms. The summed E-state index contributed by atoms with van der Waals surface area (Å²) in [6, 6.07) is 3.34. The number of nitrogens with one attached hydrogen (secondary N) is 1. The molecule has 0 aliphatic rings. The average molecular weight is 327 g/mol. The van der Waals surface area contributed by atoms with E-state index in [9.17, 15) is 13.2 Å². The number of pyridine rings is 1. The summed E-state index contributed by atoms with van der Waals surface area (Å²) in [6.07, 6.45) is 3.67. The SMILES string of the molecule is CCN(C(=O)NCCc1ccc(C)nc1)[C@@H](C)CS(C)(=O)=O. The Bertz CT molecular complexity index is 585. The maximum atomic E-state index is 12.2. The molecule has 1 heterocycles. The molecule has 1 atom stereocenters. The van der Waals surface area contributed by atoms with E-state index >= 15 is 0 Å². The van der Waals surface area contributed by atoms with E-state index < -0.39 is 9.84 Å². The Morgan fingerprint density at radius 1 is 1.41 bits per heavy atom. The van der Waals surface area contributed by atoms with Gasteiger partial charge in [0.15, 0.2) is 0 Å². The van der Waals surface area contributed by atoms with Crippen LogP contribution in [0.15, 0.2) is 18.3 Å². The zero-order valence-electron chi connectivity index (χ0n) is 13.7. The van der Waals surface area contributed by atoms with E-state index in [0.29, 0.717) is 19.5 Å². The highest BCUT2D eigenvalue weighted by Gasteiger charge is 2.21. The summed E-state index contributed by atoms with van der Waals surface area (Å²) in [7, 11) is -3.11. The van der Waals surface area contributed by atoms with Crippen LogP contribution in [0.5, 0.6) is 0 Å². The second kappa shape index (κ2) is 8.12. The zero-order valence-corrected chi connectivity index (χ0v) is 14.5. The van der Waals surface area contributed by atoms with Crippen LogP contribution < -0.4 is 5.32 Å². The lowest BCUT2D eigenvalue weighted by Gasteiger charge is -2.27. The molecule has 22 heavy (non-hydrogen) atoms. The summed E-state index contributed by atoms with van der Waals surface area (Å²) in [6.45, 7) is 6.46. The maximum absolute atomic E-state index is 12.2. The predicted molar refractivity (Wildman–Crippen MR) is 87.6 cm³/mol. The number of carbonyl (C=O) groups excluding carboxylic acids is 1. The topological polar surface area (TPSA) is 79.4 Å². The van der Waals surface area contributed by atoms with Crippen LogP contribution in [-0.4, -0.2) is 55.5 Å². The van der Waals surface area contributed by atoms with Gasteiger partial charge in [0.2, 0.25) is 0 Å². The molecule has 2 amide bonds. The fourth-order valence-electron chi connectivity index (χ4n) is 2.25. The Hall–Kier alpha value is -1.63. The van der Waals surface area contributed by atoms with Gasteiger partial charge in [0.25, 0.3) is 0 Å². The molecular weight excluding hydrogens is 302 g/mol. The first kappa shape index (κ1) is 18.4.